The van der Waals surface area contributed by atoms with Crippen LogP contribution in [0.5, 0.6) is 0 Å². The van der Waals surface area contributed by atoms with E-state index in [1.54, 1.807) is 17.0 Å². The predicted octanol–water partition coefficient (Wildman–Crippen LogP) is 1.96. The van der Waals surface area contributed by atoms with Crippen molar-refractivity contribution in [3.8, 4) is 0 Å². The maximum Gasteiger partial charge on any atom is 0.255 e. The lowest BCUT2D eigenvalue weighted by Gasteiger charge is -2.32. The molecule has 0 bridgehead atoms. The summed E-state index contributed by atoms with van der Waals surface area (Å²) in [4.78, 5) is 26.7. The summed E-state index contributed by atoms with van der Waals surface area (Å²) < 4.78 is 0. The van der Waals surface area contributed by atoms with Crippen molar-refractivity contribution in [2.45, 2.75) is 20.8 Å². The van der Waals surface area contributed by atoms with Crippen LogP contribution in [0.25, 0.3) is 0 Å². The standard InChI is InChI=1S/C17H25N3O2/c1-4-20(5-2)17(22)14-8-6-7-9-15(14)19-16(21)12(3)13-10-18-11-13/h6-9,12-13,18H,4-5,10-11H2,1-3H3,(H,19,21). The summed E-state index contributed by atoms with van der Waals surface area (Å²) >= 11 is 0. The Balaban J connectivity index is 2.14. The molecular formula is C17H25N3O2. The number of carbonyl (C=O) groups is 2. The SMILES string of the molecule is CCN(CC)C(=O)c1ccccc1NC(=O)C(C)C1CNC1. The second kappa shape index (κ2) is 7.40. The van der Waals surface area contributed by atoms with Gasteiger partial charge in [-0.15, -0.1) is 0 Å². The fourth-order valence-electron chi connectivity index (χ4n) is 2.58. The maximum atomic E-state index is 12.5. The third kappa shape index (κ3) is 3.47. The zero-order chi connectivity index (χ0) is 16.1. The number of rotatable bonds is 6. The number of benzene rings is 1. The lowest BCUT2D eigenvalue weighted by molar-refractivity contribution is -0.121. The molecule has 2 amide bonds. The highest BCUT2D eigenvalue weighted by Gasteiger charge is 2.29. The Bertz CT molecular complexity index is 536. The third-order valence-electron chi connectivity index (χ3n) is 4.40. The fraction of sp³-hybridized carbons (Fsp3) is 0.529. The van der Waals surface area contributed by atoms with Gasteiger partial charge in [-0.1, -0.05) is 19.1 Å². The Kier molecular flexibility index (Phi) is 5.55. The molecule has 0 aromatic heterocycles. The van der Waals surface area contributed by atoms with Crippen molar-refractivity contribution < 1.29 is 9.59 Å². The molecule has 5 heteroatoms. The molecule has 1 heterocycles. The van der Waals surface area contributed by atoms with Gasteiger partial charge >= 0.3 is 0 Å². The molecule has 0 radical (unpaired) electrons. The monoisotopic (exact) mass is 303 g/mol. The molecule has 2 N–H and O–H groups in total. The Morgan fingerprint density at radius 2 is 1.91 bits per heavy atom. The summed E-state index contributed by atoms with van der Waals surface area (Å²) in [6.07, 6.45) is 0. The highest BCUT2D eigenvalue weighted by Crippen LogP contribution is 2.21. The van der Waals surface area contributed by atoms with Gasteiger partial charge in [0.2, 0.25) is 5.91 Å². The first kappa shape index (κ1) is 16.5. The summed E-state index contributed by atoms with van der Waals surface area (Å²) in [5.74, 6) is 0.258. The lowest BCUT2D eigenvalue weighted by atomic mass is 9.88. The van der Waals surface area contributed by atoms with Gasteiger partial charge in [0.1, 0.15) is 0 Å². The maximum absolute atomic E-state index is 12.5. The van der Waals surface area contributed by atoms with E-state index < -0.39 is 0 Å². The largest absolute Gasteiger partial charge is 0.339 e. The summed E-state index contributed by atoms with van der Waals surface area (Å²) in [5, 5.41) is 6.11. The van der Waals surface area contributed by atoms with Crippen molar-refractivity contribution >= 4 is 17.5 Å². The Labute approximate surface area is 132 Å². The number of nitrogens with zero attached hydrogens (tertiary/aromatic N) is 1. The van der Waals surface area contributed by atoms with E-state index in [0.29, 0.717) is 30.3 Å². The van der Waals surface area contributed by atoms with Crippen molar-refractivity contribution in [2.24, 2.45) is 11.8 Å². The van der Waals surface area contributed by atoms with Crippen molar-refractivity contribution in [2.75, 3.05) is 31.5 Å². The molecule has 22 heavy (non-hydrogen) atoms. The molecule has 1 aromatic carbocycles. The molecule has 0 aliphatic carbocycles. The van der Waals surface area contributed by atoms with Crippen molar-refractivity contribution in [3.05, 3.63) is 29.8 Å². The number of hydrogen-bond acceptors (Lipinski definition) is 3. The molecule has 1 aliphatic rings. The van der Waals surface area contributed by atoms with E-state index in [0.717, 1.165) is 13.1 Å². The molecular weight excluding hydrogens is 278 g/mol. The molecule has 1 fully saturated rings. The minimum absolute atomic E-state index is 0.0219. The fourth-order valence-corrected chi connectivity index (χ4v) is 2.58. The lowest BCUT2D eigenvalue weighted by Crippen LogP contribution is -2.48. The van der Waals surface area contributed by atoms with Crippen molar-refractivity contribution in [1.29, 1.82) is 0 Å². The number of hydrogen-bond donors (Lipinski definition) is 2. The number of nitrogens with one attached hydrogen (secondary N) is 2. The van der Waals surface area contributed by atoms with Crippen LogP contribution in [0.15, 0.2) is 24.3 Å². The minimum Gasteiger partial charge on any atom is -0.339 e. The van der Waals surface area contributed by atoms with Crippen molar-refractivity contribution in [3.63, 3.8) is 0 Å². The van der Waals surface area contributed by atoms with E-state index in [-0.39, 0.29) is 17.7 Å². The topological polar surface area (TPSA) is 61.4 Å². The Morgan fingerprint density at radius 3 is 2.45 bits per heavy atom. The number of anilines is 1. The van der Waals surface area contributed by atoms with Crippen LogP contribution in [0.1, 0.15) is 31.1 Å². The second-order valence-electron chi connectivity index (χ2n) is 5.72. The number of amides is 2. The first-order chi connectivity index (χ1) is 10.6. The van der Waals surface area contributed by atoms with Crippen molar-refractivity contribution in [1.82, 2.24) is 10.2 Å². The van der Waals surface area contributed by atoms with Gasteiger partial charge in [-0.2, -0.15) is 0 Å². The minimum atomic E-state index is -0.0575. The highest BCUT2D eigenvalue weighted by atomic mass is 16.2. The normalized spacial score (nSPS) is 15.8. The van der Waals surface area contributed by atoms with Gasteiger partial charge < -0.3 is 15.5 Å². The van der Waals surface area contributed by atoms with E-state index >= 15 is 0 Å². The molecule has 1 saturated heterocycles. The number of para-hydroxylation sites is 1. The molecule has 1 atom stereocenters. The van der Waals surface area contributed by atoms with E-state index in [9.17, 15) is 9.59 Å². The molecule has 5 nitrogen and oxygen atoms in total. The summed E-state index contributed by atoms with van der Waals surface area (Å²) in [7, 11) is 0. The van der Waals surface area contributed by atoms with E-state index in [1.807, 2.05) is 32.9 Å². The van der Waals surface area contributed by atoms with Gasteiger partial charge in [0, 0.05) is 19.0 Å². The molecule has 0 saturated carbocycles. The molecule has 2 rings (SSSR count). The highest BCUT2D eigenvalue weighted by molar-refractivity contribution is 6.04. The molecule has 1 aliphatic heterocycles. The molecule has 0 spiro atoms. The molecule has 1 aromatic rings. The van der Waals surface area contributed by atoms with Crippen LogP contribution >= 0.6 is 0 Å². The zero-order valence-corrected chi connectivity index (χ0v) is 13.6. The van der Waals surface area contributed by atoms with Crippen LogP contribution < -0.4 is 10.6 Å². The summed E-state index contributed by atoms with van der Waals surface area (Å²) in [6, 6.07) is 7.22. The van der Waals surface area contributed by atoms with Crippen LogP contribution in [0.3, 0.4) is 0 Å². The third-order valence-corrected chi connectivity index (χ3v) is 4.40. The average Bonchev–Trinajstić information content (AvgIpc) is 2.47. The quantitative estimate of drug-likeness (QED) is 0.844. The predicted molar refractivity (Wildman–Crippen MR) is 87.8 cm³/mol. The second-order valence-corrected chi connectivity index (χ2v) is 5.72. The Morgan fingerprint density at radius 1 is 1.27 bits per heavy atom. The first-order valence-corrected chi connectivity index (χ1v) is 7.98. The first-order valence-electron chi connectivity index (χ1n) is 7.98. The van der Waals surface area contributed by atoms with Crippen LogP contribution in [-0.4, -0.2) is 42.9 Å². The van der Waals surface area contributed by atoms with Crippen LogP contribution in [0.2, 0.25) is 0 Å². The average molecular weight is 303 g/mol. The molecule has 1 unspecified atom stereocenters. The van der Waals surface area contributed by atoms with Gasteiger partial charge in [-0.05, 0) is 45.0 Å². The molecule has 120 valence electrons. The summed E-state index contributed by atoms with van der Waals surface area (Å²) in [5.41, 5.74) is 1.15. The summed E-state index contributed by atoms with van der Waals surface area (Å²) in [6.45, 7) is 8.92. The van der Waals surface area contributed by atoms with E-state index in [1.165, 1.54) is 0 Å². The van der Waals surface area contributed by atoms with E-state index in [2.05, 4.69) is 10.6 Å². The van der Waals surface area contributed by atoms with Crippen LogP contribution in [0, 0.1) is 11.8 Å². The van der Waals surface area contributed by atoms with Gasteiger partial charge in [0.25, 0.3) is 5.91 Å². The number of carbonyl (C=O) groups excluding carboxylic acids is 2. The van der Waals surface area contributed by atoms with Crippen LogP contribution in [0.4, 0.5) is 5.69 Å². The van der Waals surface area contributed by atoms with Gasteiger partial charge in [0.05, 0.1) is 11.3 Å². The van der Waals surface area contributed by atoms with Crippen LogP contribution in [-0.2, 0) is 4.79 Å². The zero-order valence-electron chi connectivity index (χ0n) is 13.6. The smallest absolute Gasteiger partial charge is 0.255 e. The van der Waals surface area contributed by atoms with Gasteiger partial charge in [0.15, 0.2) is 0 Å². The van der Waals surface area contributed by atoms with E-state index in [4.69, 9.17) is 0 Å². The Hall–Kier alpha value is -1.88. The van der Waals surface area contributed by atoms with Gasteiger partial charge in [-0.25, -0.2) is 0 Å². The van der Waals surface area contributed by atoms with Gasteiger partial charge in [-0.3, -0.25) is 9.59 Å².